The van der Waals surface area contributed by atoms with Crippen LogP contribution in [-0.4, -0.2) is 6.54 Å². The number of unbranched alkanes of at least 4 members (excludes halogenated alkanes) is 11. The third-order valence-electron chi connectivity index (χ3n) is 5.86. The molecule has 3 heteroatoms. The predicted octanol–water partition coefficient (Wildman–Crippen LogP) is 8.04. The highest BCUT2D eigenvalue weighted by Crippen LogP contribution is 2.28. The second-order valence-electron chi connectivity index (χ2n) is 9.11. The fraction of sp³-hybridized carbons (Fsp3) is 0.769. The Balaban J connectivity index is 0.00000784. The van der Waals surface area contributed by atoms with Crippen LogP contribution in [0.15, 0.2) is 24.3 Å². The lowest BCUT2D eigenvalue weighted by atomic mass is 9.87. The van der Waals surface area contributed by atoms with Crippen molar-refractivity contribution in [2.75, 3.05) is 6.54 Å². The van der Waals surface area contributed by atoms with Gasteiger partial charge in [0.15, 0.2) is 0 Å². The van der Waals surface area contributed by atoms with Crippen LogP contribution in [0.4, 0.5) is 0 Å². The van der Waals surface area contributed by atoms with Crippen LogP contribution in [0.1, 0.15) is 128 Å². The van der Waals surface area contributed by atoms with Crippen molar-refractivity contribution in [2.45, 2.75) is 123 Å². The monoisotopic (exact) mass is 424 g/mol. The fourth-order valence-electron chi connectivity index (χ4n) is 4.10. The molecule has 1 unspecified atom stereocenters. The van der Waals surface area contributed by atoms with Gasteiger partial charge in [0.2, 0.25) is 0 Å². The van der Waals surface area contributed by atoms with Gasteiger partial charge in [-0.2, -0.15) is 0 Å². The Labute approximate surface area is 188 Å². The first-order valence-corrected chi connectivity index (χ1v) is 12.1. The highest BCUT2D eigenvalue weighted by Gasteiger charge is 2.21. The van der Waals surface area contributed by atoms with E-state index in [9.17, 15) is 0 Å². The van der Waals surface area contributed by atoms with Crippen molar-refractivity contribution in [1.29, 1.82) is 0 Å². The van der Waals surface area contributed by atoms with Crippen molar-refractivity contribution < 1.29 is 0 Å². The van der Waals surface area contributed by atoms with Gasteiger partial charge in [-0.25, -0.2) is 0 Å². The van der Waals surface area contributed by atoms with E-state index in [4.69, 9.17) is 5.73 Å². The topological polar surface area (TPSA) is 38.0 Å². The van der Waals surface area contributed by atoms with E-state index in [2.05, 4.69) is 57.3 Å². The van der Waals surface area contributed by atoms with Crippen LogP contribution < -0.4 is 11.1 Å². The zero-order chi connectivity index (χ0) is 20.7. The van der Waals surface area contributed by atoms with E-state index in [1.807, 2.05) is 0 Å². The molecule has 3 N–H and O–H groups in total. The summed E-state index contributed by atoms with van der Waals surface area (Å²) in [6, 6.07) is 9.08. The van der Waals surface area contributed by atoms with Gasteiger partial charge in [0.1, 0.15) is 0 Å². The number of hydrogen-bond acceptors (Lipinski definition) is 2. The molecule has 1 atom stereocenters. The Hall–Kier alpha value is -0.570. The van der Waals surface area contributed by atoms with E-state index in [-0.39, 0.29) is 17.9 Å². The molecule has 0 saturated heterocycles. The Kier molecular flexibility index (Phi) is 16.8. The van der Waals surface area contributed by atoms with E-state index < -0.39 is 0 Å². The molecule has 0 fully saturated rings. The maximum absolute atomic E-state index is 6.40. The molecule has 0 spiro atoms. The average molecular weight is 425 g/mol. The van der Waals surface area contributed by atoms with Crippen molar-refractivity contribution in [2.24, 2.45) is 5.73 Å². The minimum absolute atomic E-state index is 0. The van der Waals surface area contributed by atoms with Gasteiger partial charge in [0.05, 0.1) is 0 Å². The minimum atomic E-state index is -0.290. The quantitative estimate of drug-likeness (QED) is 0.248. The molecule has 1 aromatic rings. The molecule has 1 rings (SSSR count). The summed E-state index contributed by atoms with van der Waals surface area (Å²) in [6.45, 7) is 9.86. The van der Waals surface area contributed by atoms with Crippen LogP contribution in [0.2, 0.25) is 0 Å². The van der Waals surface area contributed by atoms with Crippen molar-refractivity contribution in [3.8, 4) is 0 Å². The van der Waals surface area contributed by atoms with Gasteiger partial charge in [0.25, 0.3) is 0 Å². The zero-order valence-corrected chi connectivity index (χ0v) is 20.6. The molecule has 0 aliphatic rings. The molecule has 0 amide bonds. The lowest BCUT2D eigenvalue weighted by molar-refractivity contribution is 0.472. The second kappa shape index (κ2) is 17.1. The number of nitrogens with one attached hydrogen (secondary N) is 1. The van der Waals surface area contributed by atoms with Crippen molar-refractivity contribution in [1.82, 2.24) is 5.32 Å². The van der Waals surface area contributed by atoms with Gasteiger partial charge in [-0.05, 0) is 44.4 Å². The molecule has 29 heavy (non-hydrogen) atoms. The Bertz CT molecular complexity index is 496. The number of nitrogens with two attached hydrogens (primary N) is 1. The van der Waals surface area contributed by atoms with Crippen LogP contribution in [0.25, 0.3) is 0 Å². The van der Waals surface area contributed by atoms with Crippen LogP contribution >= 0.6 is 12.4 Å². The van der Waals surface area contributed by atoms with Crippen LogP contribution in [0.3, 0.4) is 0 Å². The summed E-state index contributed by atoms with van der Waals surface area (Å²) in [4.78, 5) is 0. The first kappa shape index (κ1) is 28.4. The van der Waals surface area contributed by atoms with Crippen molar-refractivity contribution in [3.05, 3.63) is 35.4 Å². The van der Waals surface area contributed by atoms with E-state index in [0.29, 0.717) is 6.04 Å². The van der Waals surface area contributed by atoms with Gasteiger partial charge in [-0.15, -0.1) is 12.4 Å². The van der Waals surface area contributed by atoms with Gasteiger partial charge in [-0.3, -0.25) is 0 Å². The summed E-state index contributed by atoms with van der Waals surface area (Å²) in [6.07, 6.45) is 18.0. The van der Waals surface area contributed by atoms with Crippen LogP contribution in [0.5, 0.6) is 0 Å². The molecule has 0 aliphatic heterocycles. The Morgan fingerprint density at radius 2 is 1.28 bits per heavy atom. The minimum Gasteiger partial charge on any atom is -0.322 e. The first-order valence-electron chi connectivity index (χ1n) is 12.1. The molecule has 0 aromatic heterocycles. The fourth-order valence-corrected chi connectivity index (χ4v) is 4.10. The summed E-state index contributed by atoms with van der Waals surface area (Å²) in [5.74, 6) is 0. The molecule has 0 saturated carbocycles. The van der Waals surface area contributed by atoms with Crippen molar-refractivity contribution in [3.63, 3.8) is 0 Å². The zero-order valence-electron chi connectivity index (χ0n) is 19.8. The summed E-state index contributed by atoms with van der Waals surface area (Å²) in [5.41, 5.74) is 8.75. The SMILES string of the molecule is CCCCCCCCCCCCCCNC(CC)c1ccccc1C(C)(C)N.Cl. The maximum atomic E-state index is 6.40. The van der Waals surface area contributed by atoms with Crippen LogP contribution in [-0.2, 0) is 5.54 Å². The molecule has 0 bridgehead atoms. The lowest BCUT2D eigenvalue weighted by Gasteiger charge is -2.27. The lowest BCUT2D eigenvalue weighted by Crippen LogP contribution is -2.32. The Morgan fingerprint density at radius 1 is 0.793 bits per heavy atom. The largest absolute Gasteiger partial charge is 0.322 e. The molecular formula is C26H49ClN2. The molecule has 1 aromatic carbocycles. The van der Waals surface area contributed by atoms with E-state index >= 15 is 0 Å². The maximum Gasteiger partial charge on any atom is 0.0355 e. The smallest absolute Gasteiger partial charge is 0.0355 e. The predicted molar refractivity (Wildman–Crippen MR) is 133 cm³/mol. The summed E-state index contributed by atoms with van der Waals surface area (Å²) in [5, 5.41) is 3.78. The summed E-state index contributed by atoms with van der Waals surface area (Å²) >= 11 is 0. The van der Waals surface area contributed by atoms with E-state index in [0.717, 1.165) is 13.0 Å². The summed E-state index contributed by atoms with van der Waals surface area (Å²) in [7, 11) is 0. The highest BCUT2D eigenvalue weighted by molar-refractivity contribution is 5.85. The molecule has 0 radical (unpaired) electrons. The van der Waals surface area contributed by atoms with Gasteiger partial charge >= 0.3 is 0 Å². The molecular weight excluding hydrogens is 376 g/mol. The highest BCUT2D eigenvalue weighted by atomic mass is 35.5. The van der Waals surface area contributed by atoms with Gasteiger partial charge in [-0.1, -0.05) is 109 Å². The number of rotatable bonds is 17. The normalized spacial score (nSPS) is 12.6. The standard InChI is InChI=1S/C26H48N2.ClH/c1-5-7-8-9-10-11-12-13-14-15-16-19-22-28-25(6-2)23-20-17-18-21-24(23)26(3,4)27;/h17-18,20-21,25,28H,5-16,19,22,27H2,1-4H3;1H. The third-order valence-corrected chi connectivity index (χ3v) is 5.86. The van der Waals surface area contributed by atoms with Gasteiger partial charge < -0.3 is 11.1 Å². The molecule has 0 heterocycles. The number of benzene rings is 1. The van der Waals surface area contributed by atoms with Crippen LogP contribution in [0, 0.1) is 0 Å². The number of hydrogen-bond donors (Lipinski definition) is 2. The second-order valence-corrected chi connectivity index (χ2v) is 9.11. The van der Waals surface area contributed by atoms with E-state index in [1.54, 1.807) is 0 Å². The van der Waals surface area contributed by atoms with Gasteiger partial charge in [0, 0.05) is 11.6 Å². The molecule has 0 aliphatic carbocycles. The third kappa shape index (κ3) is 12.7. The molecule has 170 valence electrons. The molecule has 2 nitrogen and oxygen atoms in total. The first-order chi connectivity index (χ1) is 13.5. The Morgan fingerprint density at radius 3 is 1.76 bits per heavy atom. The van der Waals surface area contributed by atoms with E-state index in [1.165, 1.54) is 88.2 Å². The number of halogens is 1. The average Bonchev–Trinajstić information content (AvgIpc) is 2.68. The van der Waals surface area contributed by atoms with Crippen molar-refractivity contribution >= 4 is 12.4 Å². The summed E-state index contributed by atoms with van der Waals surface area (Å²) < 4.78 is 0.